The molecule has 2 atom stereocenters. The second-order valence-electron chi connectivity index (χ2n) is 7.14. The van der Waals surface area contributed by atoms with Crippen LogP contribution in [-0.2, 0) is 33.2 Å². The van der Waals surface area contributed by atoms with Crippen LogP contribution in [0.3, 0.4) is 0 Å². The van der Waals surface area contributed by atoms with Gasteiger partial charge in [0.05, 0.1) is 16.7 Å². The largest absolute Gasteiger partial charge is 0.748 e. The van der Waals surface area contributed by atoms with Crippen LogP contribution in [0, 0.1) is 0 Å². The lowest BCUT2D eigenvalue weighted by atomic mass is 10.0. The summed E-state index contributed by atoms with van der Waals surface area (Å²) in [5, 5.41) is 13.2. The van der Waals surface area contributed by atoms with Crippen molar-refractivity contribution in [1.82, 2.24) is 9.88 Å². The summed E-state index contributed by atoms with van der Waals surface area (Å²) in [5.41, 5.74) is 9.57. The Morgan fingerprint density at radius 2 is 1.81 bits per heavy atom. The van der Waals surface area contributed by atoms with Crippen molar-refractivity contribution in [2.24, 2.45) is 7.05 Å². The van der Waals surface area contributed by atoms with Crippen LogP contribution in [0.15, 0.2) is 30.5 Å². The number of benzene rings is 1. The first-order valence-electron chi connectivity index (χ1n) is 9.98. The molecule has 0 spiro atoms. The van der Waals surface area contributed by atoms with E-state index in [1.165, 1.54) is 0 Å². The van der Waals surface area contributed by atoms with Gasteiger partial charge in [0.1, 0.15) is 6.04 Å². The Bertz CT molecular complexity index is 954. The van der Waals surface area contributed by atoms with E-state index in [1.807, 2.05) is 42.1 Å². The Morgan fingerprint density at radius 1 is 1.25 bits per heavy atom. The molecule has 0 aliphatic carbocycles. The molecule has 0 aliphatic rings. The molecular weight excluding hydrogens is 456 g/mol. The summed E-state index contributed by atoms with van der Waals surface area (Å²) in [5.74, 6) is -1.34. The number of unbranched alkanes of at least 4 members (excludes halogenated alkanes) is 1. The molecule has 1 aromatic heterocycles. The molecule has 0 aliphatic heterocycles. The van der Waals surface area contributed by atoms with Crippen molar-refractivity contribution >= 4 is 45.5 Å². The summed E-state index contributed by atoms with van der Waals surface area (Å²) in [7, 11) is -1.99. The number of quaternary nitrogens is 2. The first-order valence-corrected chi connectivity index (χ1v) is 12.7. The smallest absolute Gasteiger partial charge is 0.326 e. The van der Waals surface area contributed by atoms with Crippen LogP contribution in [0.1, 0.15) is 24.8 Å². The van der Waals surface area contributed by atoms with E-state index in [-0.39, 0.29) is 12.3 Å². The normalized spacial score (nSPS) is 12.6. The minimum absolute atomic E-state index is 0.244. The third kappa shape index (κ3) is 11.5. The molecule has 0 fully saturated rings. The Kier molecular flexibility index (Phi) is 13.9. The predicted molar refractivity (Wildman–Crippen MR) is 125 cm³/mol. The first kappa shape index (κ1) is 29.9. The van der Waals surface area contributed by atoms with Gasteiger partial charge in [-0.2, -0.15) is 12.6 Å². The number of thiol groups is 1. The first-order chi connectivity index (χ1) is 14.9. The van der Waals surface area contributed by atoms with Crippen LogP contribution >= 0.6 is 12.6 Å². The van der Waals surface area contributed by atoms with Gasteiger partial charge in [0.15, 0.2) is 6.04 Å². The van der Waals surface area contributed by atoms with Crippen molar-refractivity contribution in [2.45, 2.75) is 37.8 Å². The SMILES string of the molecule is CS.CS(=O)(=O)[O-].Cn1cc(C[C@@H](NC(=O)[C@@H]([NH3+])CCCC[NH3+])C(=O)O)c2ccccc21. The lowest BCUT2D eigenvalue weighted by Gasteiger charge is -2.16. The third-order valence-electron chi connectivity index (χ3n) is 4.44. The summed E-state index contributed by atoms with van der Waals surface area (Å²) in [4.78, 5) is 23.9. The minimum atomic E-state index is -3.92. The van der Waals surface area contributed by atoms with Crippen molar-refractivity contribution in [3.05, 3.63) is 36.0 Å². The second kappa shape index (κ2) is 14.9. The highest BCUT2D eigenvalue weighted by atomic mass is 32.2. The monoisotopic (exact) mass is 491 g/mol. The summed E-state index contributed by atoms with van der Waals surface area (Å²) in [6, 6.07) is 6.42. The van der Waals surface area contributed by atoms with Crippen LogP contribution in [0.25, 0.3) is 10.9 Å². The second-order valence-corrected chi connectivity index (χ2v) is 8.54. The molecule has 2 aromatic rings. The number of aliphatic carboxylic acids is 1. The topological polar surface area (TPSA) is 184 Å². The standard InChI is InChI=1S/C18H26N4O3.CH4O3S.CH4S/c1-22-11-12(13-6-2-3-8-16(13)22)10-15(18(24)25)21-17(23)14(20)7-4-5-9-19;1-5(2,3)4;1-2/h2-3,6,8,11,14-15H,4-5,7,9-10,19-20H2,1H3,(H,21,23)(H,24,25);1H3,(H,2,3,4);2H,1H3/p+1/t14-,15+;;/m0../s1. The van der Waals surface area contributed by atoms with Crippen LogP contribution in [0.5, 0.6) is 0 Å². The molecule has 1 amide bonds. The Labute approximate surface area is 194 Å². The number of hydrogen-bond donors (Lipinski definition) is 5. The van der Waals surface area contributed by atoms with Gasteiger partial charge in [0.25, 0.3) is 5.91 Å². The van der Waals surface area contributed by atoms with Gasteiger partial charge in [-0.05, 0) is 30.7 Å². The van der Waals surface area contributed by atoms with Crippen molar-refractivity contribution in [1.29, 1.82) is 0 Å². The highest BCUT2D eigenvalue weighted by molar-refractivity contribution is 7.84. The van der Waals surface area contributed by atoms with Crippen LogP contribution in [-0.4, -0.2) is 65.7 Å². The number of amides is 1. The minimum Gasteiger partial charge on any atom is -0.748 e. The van der Waals surface area contributed by atoms with Crippen LogP contribution in [0.4, 0.5) is 0 Å². The van der Waals surface area contributed by atoms with E-state index in [4.69, 9.17) is 13.0 Å². The fourth-order valence-corrected chi connectivity index (χ4v) is 3.00. The number of carbonyl (C=O) groups excluding carboxylic acids is 1. The van der Waals surface area contributed by atoms with E-state index < -0.39 is 28.2 Å². The third-order valence-corrected chi connectivity index (χ3v) is 4.44. The van der Waals surface area contributed by atoms with Gasteiger partial charge in [-0.1, -0.05) is 18.2 Å². The van der Waals surface area contributed by atoms with E-state index in [0.29, 0.717) is 12.7 Å². The summed E-state index contributed by atoms with van der Waals surface area (Å²) < 4.78 is 29.2. The fourth-order valence-electron chi connectivity index (χ4n) is 3.00. The zero-order valence-electron chi connectivity index (χ0n) is 18.8. The van der Waals surface area contributed by atoms with Crippen molar-refractivity contribution in [2.75, 3.05) is 19.1 Å². The highest BCUT2D eigenvalue weighted by Crippen LogP contribution is 2.21. The number of nitrogens with zero attached hydrogens (tertiary/aromatic N) is 1. The summed E-state index contributed by atoms with van der Waals surface area (Å²) >= 11 is 3.53. The predicted octanol–water partition coefficient (Wildman–Crippen LogP) is -0.980. The van der Waals surface area contributed by atoms with Crippen molar-refractivity contribution in [3.8, 4) is 0 Å². The quantitative estimate of drug-likeness (QED) is 0.170. The molecule has 0 saturated heterocycles. The van der Waals surface area contributed by atoms with E-state index in [1.54, 1.807) is 6.26 Å². The molecule has 0 radical (unpaired) electrons. The van der Waals surface area contributed by atoms with Gasteiger partial charge < -0.3 is 31.0 Å². The molecule has 10 nitrogen and oxygen atoms in total. The van der Waals surface area contributed by atoms with Crippen LogP contribution < -0.4 is 16.8 Å². The maximum atomic E-state index is 12.3. The van der Waals surface area contributed by atoms with Gasteiger partial charge in [-0.15, -0.1) is 0 Å². The number of para-hydroxylation sites is 1. The maximum Gasteiger partial charge on any atom is 0.326 e. The van der Waals surface area contributed by atoms with E-state index in [9.17, 15) is 14.7 Å². The molecule has 32 heavy (non-hydrogen) atoms. The number of carboxylic acids is 1. The Balaban J connectivity index is 0.00000121. The summed E-state index contributed by atoms with van der Waals surface area (Å²) in [6.07, 6.45) is 6.91. The molecule has 12 heteroatoms. The number of nitrogens with one attached hydrogen (secondary N) is 1. The zero-order valence-corrected chi connectivity index (χ0v) is 20.5. The van der Waals surface area contributed by atoms with Gasteiger partial charge in [-0.3, -0.25) is 4.79 Å². The number of aryl methyl sites for hydroxylation is 1. The number of hydrogen-bond acceptors (Lipinski definition) is 6. The molecule has 0 unspecified atom stereocenters. The Morgan fingerprint density at radius 3 is 2.34 bits per heavy atom. The highest BCUT2D eigenvalue weighted by Gasteiger charge is 2.26. The average Bonchev–Trinajstić information content (AvgIpc) is 3.03. The lowest BCUT2D eigenvalue weighted by Crippen LogP contribution is -2.68. The van der Waals surface area contributed by atoms with E-state index in [2.05, 4.69) is 29.4 Å². The zero-order chi connectivity index (χ0) is 24.9. The molecule has 0 saturated carbocycles. The number of aromatic nitrogens is 1. The Hall–Kier alpha value is -2.12. The maximum absolute atomic E-state index is 12.3. The van der Waals surface area contributed by atoms with Crippen molar-refractivity contribution < 1.29 is 39.1 Å². The van der Waals surface area contributed by atoms with Gasteiger partial charge in [0.2, 0.25) is 0 Å². The molecule has 1 aromatic carbocycles. The molecule has 2 rings (SSSR count). The van der Waals surface area contributed by atoms with E-state index in [0.717, 1.165) is 35.9 Å². The molecular formula is C20H35N4O6S2+. The van der Waals surface area contributed by atoms with Crippen LogP contribution in [0.2, 0.25) is 0 Å². The fraction of sp³-hybridized carbons (Fsp3) is 0.500. The van der Waals surface area contributed by atoms with Gasteiger partial charge >= 0.3 is 5.97 Å². The molecule has 182 valence electrons. The molecule has 8 N–H and O–H groups in total. The number of rotatable bonds is 9. The van der Waals surface area contributed by atoms with Gasteiger partial charge in [0, 0.05) is 43.2 Å². The lowest BCUT2D eigenvalue weighted by molar-refractivity contribution is -0.406. The van der Waals surface area contributed by atoms with E-state index >= 15 is 0 Å². The van der Waals surface area contributed by atoms with Gasteiger partial charge in [-0.25, -0.2) is 13.2 Å². The number of fused-ring (bicyclic) bond motifs is 1. The molecule has 0 bridgehead atoms. The molecule has 1 heterocycles. The number of carboxylic acid groups (broad SMARTS) is 1. The van der Waals surface area contributed by atoms with Crippen molar-refractivity contribution in [3.63, 3.8) is 0 Å². The average molecular weight is 492 g/mol. The summed E-state index contributed by atoms with van der Waals surface area (Å²) in [6.45, 7) is 0.827. The number of carbonyl (C=O) groups is 2.